The Morgan fingerprint density at radius 2 is 0.683 bits per heavy atom. The van der Waals surface area contributed by atoms with Crippen LogP contribution in [0, 0.1) is 0 Å². The SMILES string of the molecule is CCCCCCCCCCCC/C=C/CC/C=C/CCCC(O)C(O)C(CO)NC(=O)CCCCCCCCCCCCC/C=C\CCCCCCCCCCCCCC. The van der Waals surface area contributed by atoms with E-state index in [9.17, 15) is 20.1 Å². The number of amides is 1. The Hall–Kier alpha value is -1.43. The predicted molar refractivity (Wildman–Crippen MR) is 264 cm³/mol. The molecule has 5 nitrogen and oxygen atoms in total. The van der Waals surface area contributed by atoms with Crippen molar-refractivity contribution < 1.29 is 20.1 Å². The molecule has 0 rings (SSSR count). The molecule has 0 fully saturated rings. The Kier molecular flexibility index (Phi) is 49.0. The second-order valence-corrected chi connectivity index (χ2v) is 18.4. The first-order valence-corrected chi connectivity index (χ1v) is 26.8. The van der Waals surface area contributed by atoms with Gasteiger partial charge in [-0.25, -0.2) is 0 Å². The number of allylic oxidation sites excluding steroid dienone is 6. The molecular formula is C55H105NO4. The minimum absolute atomic E-state index is 0.157. The normalized spacial score (nSPS) is 13.6. The molecule has 60 heavy (non-hydrogen) atoms. The van der Waals surface area contributed by atoms with Gasteiger partial charge < -0.3 is 20.6 Å². The summed E-state index contributed by atoms with van der Waals surface area (Å²) in [6, 6.07) is -0.833. The second-order valence-electron chi connectivity index (χ2n) is 18.4. The maximum absolute atomic E-state index is 12.5. The van der Waals surface area contributed by atoms with Gasteiger partial charge in [0.05, 0.1) is 18.8 Å². The zero-order valence-corrected chi connectivity index (χ0v) is 40.4. The number of carbonyl (C=O) groups is 1. The van der Waals surface area contributed by atoms with E-state index in [0.717, 1.165) is 44.9 Å². The van der Waals surface area contributed by atoms with Crippen LogP contribution in [-0.2, 0) is 4.79 Å². The summed E-state index contributed by atoms with van der Waals surface area (Å²) in [6.07, 6.45) is 64.3. The van der Waals surface area contributed by atoms with Gasteiger partial charge >= 0.3 is 0 Å². The van der Waals surface area contributed by atoms with Crippen LogP contribution in [0.2, 0.25) is 0 Å². The number of rotatable bonds is 49. The van der Waals surface area contributed by atoms with Crippen molar-refractivity contribution in [3.8, 4) is 0 Å². The molecule has 0 aromatic heterocycles. The minimum atomic E-state index is -1.17. The summed E-state index contributed by atoms with van der Waals surface area (Å²) in [5, 5.41) is 33.7. The lowest BCUT2D eigenvalue weighted by Crippen LogP contribution is -2.50. The summed E-state index contributed by atoms with van der Waals surface area (Å²) in [4.78, 5) is 12.5. The highest BCUT2D eigenvalue weighted by atomic mass is 16.3. The van der Waals surface area contributed by atoms with E-state index in [1.165, 1.54) is 212 Å². The van der Waals surface area contributed by atoms with Crippen LogP contribution in [-0.4, -0.2) is 46.1 Å². The topological polar surface area (TPSA) is 89.8 Å². The van der Waals surface area contributed by atoms with Gasteiger partial charge in [0.1, 0.15) is 6.10 Å². The maximum Gasteiger partial charge on any atom is 0.220 e. The van der Waals surface area contributed by atoms with Gasteiger partial charge in [0.15, 0.2) is 0 Å². The molecule has 0 aliphatic heterocycles. The number of carbonyl (C=O) groups excluding carboxylic acids is 1. The van der Waals surface area contributed by atoms with Crippen molar-refractivity contribution in [2.45, 2.75) is 302 Å². The molecule has 5 heteroatoms. The summed E-state index contributed by atoms with van der Waals surface area (Å²) < 4.78 is 0. The molecule has 0 aromatic carbocycles. The third-order valence-corrected chi connectivity index (χ3v) is 12.4. The molecule has 3 unspecified atom stereocenters. The van der Waals surface area contributed by atoms with Crippen LogP contribution in [0.25, 0.3) is 0 Å². The molecule has 4 N–H and O–H groups in total. The Morgan fingerprint density at radius 1 is 0.400 bits per heavy atom. The average Bonchev–Trinajstić information content (AvgIpc) is 3.25. The van der Waals surface area contributed by atoms with E-state index < -0.39 is 18.2 Å². The molecule has 0 saturated heterocycles. The number of hydrogen-bond acceptors (Lipinski definition) is 4. The van der Waals surface area contributed by atoms with Crippen molar-refractivity contribution in [2.24, 2.45) is 0 Å². The van der Waals surface area contributed by atoms with E-state index in [1.807, 2.05) is 0 Å². The zero-order valence-electron chi connectivity index (χ0n) is 40.4. The molecule has 354 valence electrons. The highest BCUT2D eigenvalue weighted by molar-refractivity contribution is 5.76. The highest BCUT2D eigenvalue weighted by Gasteiger charge is 2.26. The van der Waals surface area contributed by atoms with Crippen LogP contribution >= 0.6 is 0 Å². The van der Waals surface area contributed by atoms with Crippen molar-refractivity contribution in [3.63, 3.8) is 0 Å². The summed E-state index contributed by atoms with van der Waals surface area (Å²) in [7, 11) is 0. The van der Waals surface area contributed by atoms with Gasteiger partial charge in [0.25, 0.3) is 0 Å². The van der Waals surface area contributed by atoms with Crippen LogP contribution in [0.4, 0.5) is 0 Å². The first-order chi connectivity index (χ1) is 29.6. The van der Waals surface area contributed by atoms with Crippen molar-refractivity contribution in [1.29, 1.82) is 0 Å². The molecule has 0 radical (unpaired) electrons. The number of nitrogens with one attached hydrogen (secondary N) is 1. The fourth-order valence-corrected chi connectivity index (χ4v) is 8.29. The summed E-state index contributed by atoms with van der Waals surface area (Å²) in [6.45, 7) is 4.19. The second kappa shape index (κ2) is 50.2. The van der Waals surface area contributed by atoms with Crippen LogP contribution in [0.15, 0.2) is 36.5 Å². The molecule has 0 bridgehead atoms. The van der Waals surface area contributed by atoms with E-state index in [4.69, 9.17) is 0 Å². The van der Waals surface area contributed by atoms with Crippen LogP contribution < -0.4 is 5.32 Å². The zero-order chi connectivity index (χ0) is 43.7. The highest BCUT2D eigenvalue weighted by Crippen LogP contribution is 2.16. The van der Waals surface area contributed by atoms with Gasteiger partial charge in [-0.2, -0.15) is 0 Å². The molecular weight excluding hydrogens is 739 g/mol. The van der Waals surface area contributed by atoms with Gasteiger partial charge in [-0.3, -0.25) is 4.79 Å². The van der Waals surface area contributed by atoms with Gasteiger partial charge in [0, 0.05) is 6.42 Å². The molecule has 0 saturated carbocycles. The largest absolute Gasteiger partial charge is 0.394 e. The lowest BCUT2D eigenvalue weighted by Gasteiger charge is -2.26. The first kappa shape index (κ1) is 58.6. The number of hydrogen-bond donors (Lipinski definition) is 4. The Labute approximate surface area is 374 Å². The quantitative estimate of drug-likeness (QED) is 0.0363. The Morgan fingerprint density at radius 3 is 1.02 bits per heavy atom. The van der Waals surface area contributed by atoms with Gasteiger partial charge in [0.2, 0.25) is 5.91 Å². The van der Waals surface area contributed by atoms with Gasteiger partial charge in [-0.05, 0) is 77.0 Å². The lowest BCUT2D eigenvalue weighted by molar-refractivity contribution is -0.124. The maximum atomic E-state index is 12.5. The monoisotopic (exact) mass is 844 g/mol. The fourth-order valence-electron chi connectivity index (χ4n) is 8.29. The average molecular weight is 844 g/mol. The predicted octanol–water partition coefficient (Wildman–Crippen LogP) is 16.3. The fraction of sp³-hybridized carbons (Fsp3) is 0.873. The summed E-state index contributed by atoms with van der Waals surface area (Å²) in [5.41, 5.74) is 0. The molecule has 0 aromatic rings. The number of unbranched alkanes of at least 4 members (excludes halogenated alkanes) is 35. The van der Waals surface area contributed by atoms with Crippen molar-refractivity contribution in [3.05, 3.63) is 36.5 Å². The Bertz CT molecular complexity index is 931. The van der Waals surface area contributed by atoms with Gasteiger partial charge in [-0.15, -0.1) is 0 Å². The standard InChI is InChI=1S/C55H105NO4/c1-3-5-7-9-11-13-15-17-19-21-23-24-25-26-27-28-29-30-32-34-36-38-40-42-44-46-48-50-54(59)56-52(51-57)55(60)53(58)49-47-45-43-41-39-37-35-33-31-22-20-18-16-14-12-10-8-6-4-2/h26-27,33,35,41,43,52-53,55,57-58,60H,3-25,28-32,34,36-40,42,44-51H2,1-2H3,(H,56,59)/b27-26-,35-33+,43-41+. The van der Waals surface area contributed by atoms with E-state index in [2.05, 4.69) is 55.6 Å². The molecule has 0 aliphatic rings. The third kappa shape index (κ3) is 44.6. The van der Waals surface area contributed by atoms with E-state index in [1.54, 1.807) is 0 Å². The summed E-state index contributed by atoms with van der Waals surface area (Å²) in [5.74, 6) is -0.157. The minimum Gasteiger partial charge on any atom is -0.394 e. The van der Waals surface area contributed by atoms with E-state index >= 15 is 0 Å². The number of aliphatic hydroxyl groups is 3. The first-order valence-electron chi connectivity index (χ1n) is 26.8. The van der Waals surface area contributed by atoms with Crippen molar-refractivity contribution >= 4 is 5.91 Å². The van der Waals surface area contributed by atoms with Gasteiger partial charge in [-0.1, -0.05) is 237 Å². The molecule has 1 amide bonds. The van der Waals surface area contributed by atoms with Crippen molar-refractivity contribution in [2.75, 3.05) is 6.61 Å². The lowest BCUT2D eigenvalue weighted by atomic mass is 10.0. The van der Waals surface area contributed by atoms with Crippen LogP contribution in [0.5, 0.6) is 0 Å². The van der Waals surface area contributed by atoms with E-state index in [-0.39, 0.29) is 12.5 Å². The third-order valence-electron chi connectivity index (χ3n) is 12.4. The smallest absolute Gasteiger partial charge is 0.220 e. The molecule has 0 spiro atoms. The van der Waals surface area contributed by atoms with Crippen LogP contribution in [0.3, 0.4) is 0 Å². The molecule has 3 atom stereocenters. The van der Waals surface area contributed by atoms with Crippen LogP contribution in [0.1, 0.15) is 284 Å². The molecule has 0 aliphatic carbocycles. The Balaban J connectivity index is 3.60. The molecule has 0 heterocycles. The number of aliphatic hydroxyl groups excluding tert-OH is 3. The summed E-state index contributed by atoms with van der Waals surface area (Å²) >= 11 is 0. The van der Waals surface area contributed by atoms with E-state index in [0.29, 0.717) is 12.8 Å². The van der Waals surface area contributed by atoms with Crippen molar-refractivity contribution in [1.82, 2.24) is 5.32 Å².